The van der Waals surface area contributed by atoms with Gasteiger partial charge in [0.1, 0.15) is 0 Å². The second-order valence-electron chi connectivity index (χ2n) is 6.69. The average Bonchev–Trinajstić information content (AvgIpc) is 3.22. The first-order valence-corrected chi connectivity index (χ1v) is 10.6. The number of carbonyl (C=O) groups is 1. The third-order valence-corrected chi connectivity index (χ3v) is 5.42. The Labute approximate surface area is 188 Å². The van der Waals surface area contributed by atoms with E-state index in [1.54, 1.807) is 11.3 Å². The highest BCUT2D eigenvalue weighted by molar-refractivity contribution is 14.0. The van der Waals surface area contributed by atoms with Crippen molar-refractivity contribution in [1.29, 1.82) is 0 Å². The molecule has 28 heavy (non-hydrogen) atoms. The second kappa shape index (κ2) is 12.1. The molecule has 1 aromatic heterocycles. The summed E-state index contributed by atoms with van der Waals surface area (Å²) in [6.45, 7) is 5.86. The molecule has 3 rings (SSSR count). The van der Waals surface area contributed by atoms with E-state index in [9.17, 15) is 4.79 Å². The number of aliphatic imine (C=N–C) groups is 1. The van der Waals surface area contributed by atoms with Crippen molar-refractivity contribution in [2.24, 2.45) is 4.99 Å². The molecule has 2 N–H and O–H groups in total. The molecule has 0 saturated carbocycles. The van der Waals surface area contributed by atoms with E-state index in [2.05, 4.69) is 63.6 Å². The van der Waals surface area contributed by atoms with Gasteiger partial charge in [0.15, 0.2) is 5.96 Å². The summed E-state index contributed by atoms with van der Waals surface area (Å²) in [5.74, 6) is 1.05. The number of fused-ring (bicyclic) bond motifs is 1. The number of nitrogens with one attached hydrogen (secondary N) is 2. The molecular weight excluding hydrogens is 483 g/mol. The molecule has 152 valence electrons. The van der Waals surface area contributed by atoms with Gasteiger partial charge in [-0.1, -0.05) is 24.3 Å². The number of hydrogen-bond donors (Lipinski definition) is 2. The van der Waals surface area contributed by atoms with Crippen LogP contribution >= 0.6 is 35.3 Å². The molecule has 7 heteroatoms. The zero-order valence-corrected chi connectivity index (χ0v) is 19.5. The van der Waals surface area contributed by atoms with E-state index in [0.717, 1.165) is 45.0 Å². The fourth-order valence-electron chi connectivity index (χ4n) is 3.21. The third-order valence-electron chi connectivity index (χ3n) is 4.69. The predicted molar refractivity (Wildman–Crippen MR) is 127 cm³/mol. The number of hydrogen-bond acceptors (Lipinski definition) is 3. The van der Waals surface area contributed by atoms with Crippen LogP contribution in [0.3, 0.4) is 0 Å². The largest absolute Gasteiger partial charge is 0.357 e. The van der Waals surface area contributed by atoms with Crippen molar-refractivity contribution in [3.05, 3.63) is 57.8 Å². The SMILES string of the molecule is CCNC(=NCc1ccsc1)NCCCC(=O)N1CCc2ccccc2C1.I. The maximum atomic E-state index is 12.5. The van der Waals surface area contributed by atoms with Crippen LogP contribution in [-0.2, 0) is 24.3 Å². The molecule has 0 aliphatic carbocycles. The number of thiophene rings is 1. The van der Waals surface area contributed by atoms with Gasteiger partial charge in [0, 0.05) is 32.6 Å². The first-order valence-electron chi connectivity index (χ1n) is 9.64. The maximum absolute atomic E-state index is 12.5. The molecule has 5 nitrogen and oxygen atoms in total. The van der Waals surface area contributed by atoms with Gasteiger partial charge in [-0.2, -0.15) is 11.3 Å². The minimum atomic E-state index is 0. The molecule has 0 fully saturated rings. The summed E-state index contributed by atoms with van der Waals surface area (Å²) in [5, 5.41) is 10.8. The summed E-state index contributed by atoms with van der Waals surface area (Å²) in [6.07, 6.45) is 2.33. The van der Waals surface area contributed by atoms with Crippen LogP contribution in [0.1, 0.15) is 36.5 Å². The van der Waals surface area contributed by atoms with E-state index in [4.69, 9.17) is 0 Å². The van der Waals surface area contributed by atoms with Crippen LogP contribution in [0.2, 0.25) is 0 Å². The standard InChI is InChI=1S/C21H28N4OS.HI/c1-2-22-21(24-14-17-10-13-27-16-17)23-11-5-8-20(26)25-12-9-18-6-3-4-7-19(18)15-25;/h3-4,6-7,10,13,16H,2,5,8-9,11-12,14-15H2,1H3,(H2,22,23,24);1H. The first-order chi connectivity index (χ1) is 13.3. The van der Waals surface area contributed by atoms with E-state index in [0.29, 0.717) is 13.0 Å². The van der Waals surface area contributed by atoms with Gasteiger partial charge in [0.25, 0.3) is 0 Å². The van der Waals surface area contributed by atoms with Crippen molar-refractivity contribution >= 4 is 47.2 Å². The van der Waals surface area contributed by atoms with Crippen LogP contribution in [-0.4, -0.2) is 36.4 Å². The zero-order valence-electron chi connectivity index (χ0n) is 16.3. The Morgan fingerprint density at radius 3 is 2.79 bits per heavy atom. The summed E-state index contributed by atoms with van der Waals surface area (Å²) >= 11 is 1.69. The Morgan fingerprint density at radius 1 is 1.21 bits per heavy atom. The highest BCUT2D eigenvalue weighted by Gasteiger charge is 2.19. The van der Waals surface area contributed by atoms with Crippen molar-refractivity contribution in [3.63, 3.8) is 0 Å². The highest BCUT2D eigenvalue weighted by atomic mass is 127. The van der Waals surface area contributed by atoms with Gasteiger partial charge < -0.3 is 15.5 Å². The van der Waals surface area contributed by atoms with Crippen LogP contribution in [0.15, 0.2) is 46.1 Å². The van der Waals surface area contributed by atoms with Gasteiger partial charge >= 0.3 is 0 Å². The van der Waals surface area contributed by atoms with Crippen molar-refractivity contribution in [2.45, 2.75) is 39.3 Å². The third kappa shape index (κ3) is 6.77. The molecule has 1 aliphatic heterocycles. The lowest BCUT2D eigenvalue weighted by Crippen LogP contribution is -2.39. The molecule has 0 bridgehead atoms. The Bertz CT molecular complexity index is 764. The average molecular weight is 512 g/mol. The number of amides is 1. The summed E-state index contributed by atoms with van der Waals surface area (Å²) in [5.41, 5.74) is 3.88. The number of benzene rings is 1. The summed E-state index contributed by atoms with van der Waals surface area (Å²) in [4.78, 5) is 19.1. The van der Waals surface area contributed by atoms with Crippen LogP contribution in [0.4, 0.5) is 0 Å². The topological polar surface area (TPSA) is 56.7 Å². The summed E-state index contributed by atoms with van der Waals surface area (Å²) in [6, 6.07) is 10.5. The fraction of sp³-hybridized carbons (Fsp3) is 0.429. The monoisotopic (exact) mass is 512 g/mol. The van der Waals surface area contributed by atoms with E-state index < -0.39 is 0 Å². The van der Waals surface area contributed by atoms with Gasteiger partial charge in [0.05, 0.1) is 6.54 Å². The summed E-state index contributed by atoms with van der Waals surface area (Å²) < 4.78 is 0. The molecule has 0 radical (unpaired) electrons. The smallest absolute Gasteiger partial charge is 0.222 e. The van der Waals surface area contributed by atoms with Gasteiger partial charge in [-0.25, -0.2) is 4.99 Å². The van der Waals surface area contributed by atoms with Crippen molar-refractivity contribution in [3.8, 4) is 0 Å². The molecule has 0 spiro atoms. The maximum Gasteiger partial charge on any atom is 0.222 e. The predicted octanol–water partition coefficient (Wildman–Crippen LogP) is 3.79. The van der Waals surface area contributed by atoms with Crippen LogP contribution < -0.4 is 10.6 Å². The number of guanidine groups is 1. The van der Waals surface area contributed by atoms with E-state index in [-0.39, 0.29) is 29.9 Å². The van der Waals surface area contributed by atoms with Crippen molar-refractivity contribution < 1.29 is 4.79 Å². The lowest BCUT2D eigenvalue weighted by Gasteiger charge is -2.29. The van der Waals surface area contributed by atoms with Crippen molar-refractivity contribution in [2.75, 3.05) is 19.6 Å². The summed E-state index contributed by atoms with van der Waals surface area (Å²) in [7, 11) is 0. The lowest BCUT2D eigenvalue weighted by atomic mass is 9.99. The number of nitrogens with zero attached hydrogens (tertiary/aromatic N) is 2. The van der Waals surface area contributed by atoms with Crippen LogP contribution in [0, 0.1) is 0 Å². The first kappa shape index (κ1) is 22.7. The van der Waals surface area contributed by atoms with Gasteiger partial charge in [0.2, 0.25) is 5.91 Å². The quantitative estimate of drug-likeness (QED) is 0.257. The molecule has 2 aromatic rings. The Hall–Kier alpha value is -1.61. The molecule has 2 heterocycles. The van der Waals surface area contributed by atoms with Crippen LogP contribution in [0.5, 0.6) is 0 Å². The number of halogens is 1. The minimum Gasteiger partial charge on any atom is -0.357 e. The van der Waals surface area contributed by atoms with Gasteiger partial charge in [-0.15, -0.1) is 24.0 Å². The second-order valence-corrected chi connectivity index (χ2v) is 7.47. The van der Waals surface area contributed by atoms with Crippen LogP contribution in [0.25, 0.3) is 0 Å². The highest BCUT2D eigenvalue weighted by Crippen LogP contribution is 2.19. The van der Waals surface area contributed by atoms with Crippen molar-refractivity contribution in [1.82, 2.24) is 15.5 Å². The Balaban J connectivity index is 0.00000280. The minimum absolute atomic E-state index is 0. The normalized spacial score (nSPS) is 13.5. The van der Waals surface area contributed by atoms with Gasteiger partial charge in [-0.3, -0.25) is 4.79 Å². The Morgan fingerprint density at radius 2 is 2.04 bits per heavy atom. The Kier molecular flexibility index (Phi) is 9.77. The van der Waals surface area contributed by atoms with Gasteiger partial charge in [-0.05, 0) is 53.3 Å². The van der Waals surface area contributed by atoms with E-state index in [1.807, 2.05) is 4.90 Å². The molecule has 1 aliphatic rings. The molecule has 0 atom stereocenters. The fourth-order valence-corrected chi connectivity index (χ4v) is 3.87. The number of rotatable bonds is 7. The molecule has 0 saturated heterocycles. The number of carbonyl (C=O) groups excluding carboxylic acids is 1. The van der Waals surface area contributed by atoms with E-state index >= 15 is 0 Å². The molecule has 1 amide bonds. The molecular formula is C21H29IN4OS. The zero-order chi connectivity index (χ0) is 18.9. The molecule has 0 unspecified atom stereocenters. The molecule has 1 aromatic carbocycles. The van der Waals surface area contributed by atoms with E-state index in [1.165, 1.54) is 16.7 Å². The lowest BCUT2D eigenvalue weighted by molar-refractivity contribution is -0.132.